The molecule has 100 valence electrons. The second-order valence-electron chi connectivity index (χ2n) is 4.84. The van der Waals surface area contributed by atoms with Gasteiger partial charge in [-0.15, -0.1) is 22.9 Å². The van der Waals surface area contributed by atoms with Gasteiger partial charge in [0.15, 0.2) is 0 Å². The van der Waals surface area contributed by atoms with Gasteiger partial charge in [-0.25, -0.2) is 4.98 Å². The molecule has 1 aromatic heterocycles. The van der Waals surface area contributed by atoms with E-state index in [2.05, 4.69) is 29.2 Å². The third kappa shape index (κ3) is 3.16. The van der Waals surface area contributed by atoms with Gasteiger partial charge in [-0.1, -0.05) is 24.3 Å². The Balaban J connectivity index is 1.64. The maximum Gasteiger partial charge on any atom is 0.123 e. The highest BCUT2D eigenvalue weighted by Crippen LogP contribution is 2.26. The van der Waals surface area contributed by atoms with Crippen molar-refractivity contribution in [3.8, 4) is 10.6 Å². The summed E-state index contributed by atoms with van der Waals surface area (Å²) >= 11 is 7.41. The molecule has 1 aliphatic rings. The molecule has 0 bridgehead atoms. The number of halogens is 1. The van der Waals surface area contributed by atoms with Crippen LogP contribution in [0.3, 0.4) is 0 Å². The monoisotopic (exact) mass is 293 g/mol. The zero-order valence-corrected chi connectivity index (χ0v) is 12.2. The summed E-state index contributed by atoms with van der Waals surface area (Å²) in [5, 5.41) is 3.04. The van der Waals surface area contributed by atoms with E-state index in [4.69, 9.17) is 16.3 Å². The largest absolute Gasteiger partial charge is 0.374 e. The molecule has 0 aliphatic heterocycles. The Kier molecular flexibility index (Phi) is 4.16. The standard InChI is InChI=1S/C15H16ClNOS/c16-8-13-10-19-15(17-13)12-6-4-11(5-7-12)9-18-14-2-1-3-14/h4-7,10,14H,1-3,8-9H2. The van der Waals surface area contributed by atoms with Crippen LogP contribution < -0.4 is 0 Å². The van der Waals surface area contributed by atoms with Gasteiger partial charge in [-0.2, -0.15) is 0 Å². The molecule has 1 saturated carbocycles. The minimum Gasteiger partial charge on any atom is -0.374 e. The second-order valence-corrected chi connectivity index (χ2v) is 5.96. The van der Waals surface area contributed by atoms with Crippen molar-refractivity contribution in [3.05, 3.63) is 40.9 Å². The molecule has 1 aliphatic carbocycles. The predicted molar refractivity (Wildman–Crippen MR) is 79.5 cm³/mol. The number of thiazole rings is 1. The highest BCUT2D eigenvalue weighted by atomic mass is 35.5. The first-order valence-corrected chi connectivity index (χ1v) is 7.98. The fraction of sp³-hybridized carbons (Fsp3) is 0.400. The van der Waals surface area contributed by atoms with E-state index >= 15 is 0 Å². The van der Waals surface area contributed by atoms with Crippen LogP contribution >= 0.6 is 22.9 Å². The van der Waals surface area contributed by atoms with Crippen molar-refractivity contribution < 1.29 is 4.74 Å². The zero-order chi connectivity index (χ0) is 13.1. The first-order valence-electron chi connectivity index (χ1n) is 6.56. The Hall–Kier alpha value is -0.900. The highest BCUT2D eigenvalue weighted by Gasteiger charge is 2.17. The summed E-state index contributed by atoms with van der Waals surface area (Å²) < 4.78 is 5.80. The summed E-state index contributed by atoms with van der Waals surface area (Å²) in [4.78, 5) is 4.48. The summed E-state index contributed by atoms with van der Waals surface area (Å²) in [6, 6.07) is 8.46. The van der Waals surface area contributed by atoms with Crippen LogP contribution in [0.4, 0.5) is 0 Å². The average Bonchev–Trinajstić information content (AvgIpc) is 2.86. The van der Waals surface area contributed by atoms with Crippen LogP contribution in [0.5, 0.6) is 0 Å². The maximum absolute atomic E-state index is 5.80. The predicted octanol–water partition coefficient (Wildman–Crippen LogP) is 4.62. The molecule has 1 fully saturated rings. The Morgan fingerprint density at radius 2 is 2.05 bits per heavy atom. The topological polar surface area (TPSA) is 22.1 Å². The Labute approximate surface area is 122 Å². The number of hydrogen-bond donors (Lipinski definition) is 0. The smallest absolute Gasteiger partial charge is 0.123 e. The van der Waals surface area contributed by atoms with E-state index in [9.17, 15) is 0 Å². The molecule has 0 unspecified atom stereocenters. The van der Waals surface area contributed by atoms with Crippen molar-refractivity contribution in [2.45, 2.75) is 37.9 Å². The van der Waals surface area contributed by atoms with Gasteiger partial charge in [0.1, 0.15) is 5.01 Å². The van der Waals surface area contributed by atoms with E-state index in [0.29, 0.717) is 12.0 Å². The highest BCUT2D eigenvalue weighted by molar-refractivity contribution is 7.13. The van der Waals surface area contributed by atoms with E-state index in [1.807, 2.05) is 5.38 Å². The Morgan fingerprint density at radius 3 is 2.63 bits per heavy atom. The second kappa shape index (κ2) is 6.04. The first-order chi connectivity index (χ1) is 9.35. The van der Waals surface area contributed by atoms with E-state index in [0.717, 1.165) is 22.9 Å². The van der Waals surface area contributed by atoms with Crippen LogP contribution in [-0.2, 0) is 17.2 Å². The molecule has 19 heavy (non-hydrogen) atoms. The van der Waals surface area contributed by atoms with Crippen molar-refractivity contribution in [2.75, 3.05) is 0 Å². The van der Waals surface area contributed by atoms with Crippen molar-refractivity contribution in [2.24, 2.45) is 0 Å². The average molecular weight is 294 g/mol. The molecule has 0 atom stereocenters. The molecule has 0 spiro atoms. The van der Waals surface area contributed by atoms with Crippen LogP contribution in [0.2, 0.25) is 0 Å². The number of benzene rings is 1. The lowest BCUT2D eigenvalue weighted by molar-refractivity contribution is -0.00865. The summed E-state index contributed by atoms with van der Waals surface area (Å²) in [6.45, 7) is 0.718. The van der Waals surface area contributed by atoms with Gasteiger partial charge in [0.25, 0.3) is 0 Å². The minimum absolute atomic E-state index is 0.476. The summed E-state index contributed by atoms with van der Waals surface area (Å²) in [5.41, 5.74) is 3.32. The van der Waals surface area contributed by atoms with E-state index in [1.165, 1.54) is 24.8 Å². The summed E-state index contributed by atoms with van der Waals surface area (Å²) in [6.07, 6.45) is 4.25. The van der Waals surface area contributed by atoms with Gasteiger partial charge in [0.2, 0.25) is 0 Å². The molecular formula is C15H16ClNOS. The van der Waals surface area contributed by atoms with Gasteiger partial charge in [0.05, 0.1) is 24.3 Å². The normalized spacial score (nSPS) is 15.4. The first kappa shape index (κ1) is 13.1. The van der Waals surface area contributed by atoms with Gasteiger partial charge >= 0.3 is 0 Å². The number of alkyl halides is 1. The van der Waals surface area contributed by atoms with E-state index < -0.39 is 0 Å². The quantitative estimate of drug-likeness (QED) is 0.751. The van der Waals surface area contributed by atoms with Crippen LogP contribution in [0.1, 0.15) is 30.5 Å². The van der Waals surface area contributed by atoms with Gasteiger partial charge in [-0.05, 0) is 24.8 Å². The molecule has 0 saturated heterocycles. The minimum atomic E-state index is 0.476. The van der Waals surface area contributed by atoms with Crippen LogP contribution in [-0.4, -0.2) is 11.1 Å². The number of rotatable bonds is 5. The molecule has 0 amide bonds. The van der Waals surface area contributed by atoms with Gasteiger partial charge in [0, 0.05) is 10.9 Å². The maximum atomic E-state index is 5.80. The molecule has 2 aromatic rings. The lowest BCUT2D eigenvalue weighted by atomic mass is 9.96. The summed E-state index contributed by atoms with van der Waals surface area (Å²) in [5.74, 6) is 0.476. The molecule has 0 N–H and O–H groups in total. The fourth-order valence-corrected chi connectivity index (χ4v) is 3.05. The number of hydrogen-bond acceptors (Lipinski definition) is 3. The lowest BCUT2D eigenvalue weighted by Crippen LogP contribution is -2.21. The number of ether oxygens (including phenoxy) is 1. The van der Waals surface area contributed by atoms with Crippen molar-refractivity contribution in [1.82, 2.24) is 4.98 Å². The van der Waals surface area contributed by atoms with Crippen LogP contribution in [0, 0.1) is 0 Å². The Morgan fingerprint density at radius 1 is 1.26 bits per heavy atom. The molecule has 3 rings (SSSR count). The van der Waals surface area contributed by atoms with Crippen molar-refractivity contribution in [3.63, 3.8) is 0 Å². The zero-order valence-electron chi connectivity index (χ0n) is 10.6. The van der Waals surface area contributed by atoms with Gasteiger partial charge < -0.3 is 4.74 Å². The Bertz CT molecular complexity index is 533. The summed E-state index contributed by atoms with van der Waals surface area (Å²) in [7, 11) is 0. The van der Waals surface area contributed by atoms with Crippen LogP contribution in [0.15, 0.2) is 29.6 Å². The van der Waals surface area contributed by atoms with Crippen molar-refractivity contribution in [1.29, 1.82) is 0 Å². The van der Waals surface area contributed by atoms with Crippen molar-refractivity contribution >= 4 is 22.9 Å². The third-order valence-electron chi connectivity index (χ3n) is 3.43. The number of nitrogens with zero attached hydrogens (tertiary/aromatic N) is 1. The molecule has 2 nitrogen and oxygen atoms in total. The number of aromatic nitrogens is 1. The van der Waals surface area contributed by atoms with E-state index in [1.54, 1.807) is 11.3 Å². The molecule has 4 heteroatoms. The molecule has 0 radical (unpaired) electrons. The third-order valence-corrected chi connectivity index (χ3v) is 4.64. The van der Waals surface area contributed by atoms with E-state index in [-0.39, 0.29) is 0 Å². The van der Waals surface area contributed by atoms with Gasteiger partial charge in [-0.3, -0.25) is 0 Å². The molecule has 1 heterocycles. The SMILES string of the molecule is ClCc1csc(-c2ccc(COC3CCC3)cc2)n1. The van der Waals surface area contributed by atoms with Crippen LogP contribution in [0.25, 0.3) is 10.6 Å². The molecular weight excluding hydrogens is 278 g/mol. The lowest BCUT2D eigenvalue weighted by Gasteiger charge is -2.25. The fourth-order valence-electron chi connectivity index (χ4n) is 2.00. The molecule has 1 aromatic carbocycles.